The fourth-order valence-electron chi connectivity index (χ4n) is 4.91. The molecule has 1 aliphatic heterocycles. The van der Waals surface area contributed by atoms with Gasteiger partial charge in [0.15, 0.2) is 11.6 Å². The highest BCUT2D eigenvalue weighted by atomic mass is 32.2. The second kappa shape index (κ2) is 11.1. The van der Waals surface area contributed by atoms with Crippen molar-refractivity contribution in [3.05, 3.63) is 59.2 Å². The van der Waals surface area contributed by atoms with Gasteiger partial charge in [0.05, 0.1) is 11.7 Å². The third kappa shape index (κ3) is 5.65. The van der Waals surface area contributed by atoms with Gasteiger partial charge in [0.1, 0.15) is 22.9 Å². The Labute approximate surface area is 228 Å². The monoisotopic (exact) mass is 549 g/mol. The zero-order valence-electron chi connectivity index (χ0n) is 22.2. The summed E-state index contributed by atoms with van der Waals surface area (Å²) in [4.78, 5) is 19.9. The van der Waals surface area contributed by atoms with Gasteiger partial charge in [-0.2, -0.15) is 9.62 Å². The van der Waals surface area contributed by atoms with Crippen LogP contribution in [-0.4, -0.2) is 54.5 Å². The van der Waals surface area contributed by atoms with Gasteiger partial charge in [-0.1, -0.05) is 16.8 Å². The summed E-state index contributed by atoms with van der Waals surface area (Å²) in [6.45, 7) is 8.32. The van der Waals surface area contributed by atoms with Gasteiger partial charge in [-0.15, -0.1) is 0 Å². The Kier molecular flexibility index (Phi) is 7.63. The number of halogens is 2. The first-order chi connectivity index (χ1) is 18.7. The average molecular weight is 550 g/mol. The third-order valence-corrected chi connectivity index (χ3v) is 7.89. The van der Waals surface area contributed by atoms with Crippen molar-refractivity contribution in [3.63, 3.8) is 0 Å². The van der Waals surface area contributed by atoms with E-state index in [1.165, 1.54) is 6.07 Å². The lowest BCUT2D eigenvalue weighted by Gasteiger charge is -2.28. The molecule has 1 aromatic carbocycles. The Bertz CT molecular complexity index is 1620. The molecule has 0 radical (unpaired) electrons. The molecule has 1 aliphatic rings. The number of imidazole rings is 1. The summed E-state index contributed by atoms with van der Waals surface area (Å²) in [7, 11) is -0.254. The van der Waals surface area contributed by atoms with E-state index in [1.54, 1.807) is 6.07 Å². The van der Waals surface area contributed by atoms with Crippen molar-refractivity contribution < 1.29 is 8.78 Å². The molecule has 0 aliphatic carbocycles. The number of nitrogens with one attached hydrogen (secondary N) is 1. The van der Waals surface area contributed by atoms with Crippen molar-refractivity contribution in [2.24, 2.45) is 4.36 Å². The molecule has 0 bridgehead atoms. The van der Waals surface area contributed by atoms with Crippen LogP contribution in [0.1, 0.15) is 37.0 Å². The molecule has 4 heterocycles. The molecule has 0 fully saturated rings. The summed E-state index contributed by atoms with van der Waals surface area (Å²) >= 11 is 0. The highest BCUT2D eigenvalue weighted by molar-refractivity contribution is 7.86. The first-order valence-corrected chi connectivity index (χ1v) is 14.4. The predicted molar refractivity (Wildman–Crippen MR) is 148 cm³/mol. The maximum atomic E-state index is 15.0. The van der Waals surface area contributed by atoms with Crippen LogP contribution in [0.25, 0.3) is 22.3 Å². The van der Waals surface area contributed by atoms with Crippen LogP contribution in [-0.2, 0) is 23.7 Å². The van der Waals surface area contributed by atoms with Crippen molar-refractivity contribution in [1.82, 2.24) is 29.4 Å². The van der Waals surface area contributed by atoms with Crippen LogP contribution in [0.4, 0.5) is 20.5 Å². The van der Waals surface area contributed by atoms with E-state index in [0.29, 0.717) is 22.7 Å². The maximum Gasteiger partial charge on any atom is 0.229 e. The summed E-state index contributed by atoms with van der Waals surface area (Å²) in [6, 6.07) is 6.90. The molecule has 202 valence electrons. The summed E-state index contributed by atoms with van der Waals surface area (Å²) < 4.78 is 35.7. The minimum Gasteiger partial charge on any atom is -0.326 e. The van der Waals surface area contributed by atoms with Crippen molar-refractivity contribution in [2.75, 3.05) is 30.4 Å². The lowest BCUT2D eigenvalue weighted by Crippen LogP contribution is -2.34. The van der Waals surface area contributed by atoms with Crippen LogP contribution in [0, 0.1) is 30.0 Å². The van der Waals surface area contributed by atoms with E-state index in [9.17, 15) is 8.78 Å². The standard InChI is InChI=1S/C27H29F2N9S/c1-16(2)38-17(3)33-26-20(28)11-19(12-23(26)38)25-21(29)13-31-27(36-25)35-24-6-5-18-14-37(8-7-22(18)34-24)9-10-39(4)32-15-30/h5-6,11-13,16H,7-10,14H2,1-4H3,(H,31,34,35,36). The first-order valence-electron chi connectivity index (χ1n) is 12.6. The first kappa shape index (κ1) is 26.8. The molecule has 1 N–H and O–H groups in total. The summed E-state index contributed by atoms with van der Waals surface area (Å²) in [6.07, 6.45) is 5.72. The van der Waals surface area contributed by atoms with E-state index in [-0.39, 0.29) is 33.9 Å². The maximum absolute atomic E-state index is 15.0. The quantitative estimate of drug-likeness (QED) is 0.321. The molecule has 9 nitrogen and oxygen atoms in total. The number of anilines is 2. The lowest BCUT2D eigenvalue weighted by atomic mass is 10.1. The van der Waals surface area contributed by atoms with Gasteiger partial charge < -0.3 is 9.88 Å². The second-order valence-electron chi connectivity index (χ2n) is 9.79. The number of hydrogen-bond donors (Lipinski definition) is 1. The van der Waals surface area contributed by atoms with Crippen molar-refractivity contribution in [3.8, 4) is 17.5 Å². The van der Waals surface area contributed by atoms with E-state index in [2.05, 4.69) is 29.5 Å². The number of aryl methyl sites for hydroxylation is 1. The molecule has 0 spiro atoms. The fourth-order valence-corrected chi connectivity index (χ4v) is 5.67. The normalized spacial score (nSPS) is 14.5. The highest BCUT2D eigenvalue weighted by Gasteiger charge is 2.20. The number of nitrogens with zero attached hydrogens (tertiary/aromatic N) is 8. The van der Waals surface area contributed by atoms with Gasteiger partial charge in [-0.25, -0.2) is 28.7 Å². The van der Waals surface area contributed by atoms with Crippen LogP contribution < -0.4 is 5.32 Å². The van der Waals surface area contributed by atoms with Crippen LogP contribution >= 0.6 is 0 Å². The minimum absolute atomic E-state index is 0.00543. The Balaban J connectivity index is 1.37. The topological polar surface area (TPSA) is 108 Å². The molecular weight excluding hydrogens is 520 g/mol. The van der Waals surface area contributed by atoms with E-state index >= 15 is 0 Å². The van der Waals surface area contributed by atoms with Crippen molar-refractivity contribution >= 4 is 33.5 Å². The molecule has 0 saturated carbocycles. The van der Waals surface area contributed by atoms with Crippen LogP contribution in [0.2, 0.25) is 0 Å². The second-order valence-corrected chi connectivity index (χ2v) is 11.6. The van der Waals surface area contributed by atoms with E-state index in [4.69, 9.17) is 10.2 Å². The van der Waals surface area contributed by atoms with Gasteiger partial charge in [0, 0.05) is 49.1 Å². The number of aromatic nitrogens is 5. The average Bonchev–Trinajstić information content (AvgIpc) is 3.25. The minimum atomic E-state index is -0.650. The van der Waals surface area contributed by atoms with Gasteiger partial charge >= 0.3 is 0 Å². The van der Waals surface area contributed by atoms with E-state index in [1.807, 2.05) is 49.9 Å². The number of fused-ring (bicyclic) bond motifs is 2. The van der Waals surface area contributed by atoms with Gasteiger partial charge in [-0.05, 0) is 50.8 Å². The lowest BCUT2D eigenvalue weighted by molar-refractivity contribution is 0.268. The van der Waals surface area contributed by atoms with Gasteiger partial charge in [-0.3, -0.25) is 4.90 Å². The number of benzene rings is 1. The van der Waals surface area contributed by atoms with E-state index < -0.39 is 11.6 Å². The zero-order chi connectivity index (χ0) is 27.7. The van der Waals surface area contributed by atoms with Crippen LogP contribution in [0.15, 0.2) is 34.8 Å². The molecule has 4 aromatic rings. The summed E-state index contributed by atoms with van der Waals surface area (Å²) in [5.41, 5.74) is 3.27. The smallest absolute Gasteiger partial charge is 0.229 e. The number of pyridine rings is 1. The molecular formula is C27H29F2N9S. The van der Waals surface area contributed by atoms with Gasteiger partial charge in [0.25, 0.3) is 0 Å². The SMILES string of the molecule is Cc1nc2c(F)cc(-c3nc(Nc4ccc5c(n4)CCN(CCS(C)=NC#N)C5)ncc3F)cc2n1C(C)C. The fraction of sp³-hybridized carbons (Fsp3) is 0.370. The molecule has 1 unspecified atom stereocenters. The molecule has 0 amide bonds. The van der Waals surface area contributed by atoms with E-state index in [0.717, 1.165) is 49.3 Å². The number of nitriles is 1. The molecule has 0 saturated heterocycles. The van der Waals surface area contributed by atoms with Crippen LogP contribution in [0.3, 0.4) is 0 Å². The Morgan fingerprint density at radius 3 is 2.77 bits per heavy atom. The van der Waals surface area contributed by atoms with Crippen molar-refractivity contribution in [1.29, 1.82) is 5.26 Å². The Hall–Kier alpha value is -3.82. The third-order valence-electron chi connectivity index (χ3n) is 6.73. The number of hydrogen-bond acceptors (Lipinski definition) is 8. The molecule has 3 aromatic heterocycles. The Morgan fingerprint density at radius 2 is 2.00 bits per heavy atom. The Morgan fingerprint density at radius 1 is 1.18 bits per heavy atom. The molecule has 1 atom stereocenters. The molecule has 5 rings (SSSR count). The summed E-state index contributed by atoms with van der Waals surface area (Å²) in [5.74, 6) is 1.09. The largest absolute Gasteiger partial charge is 0.326 e. The number of rotatable bonds is 7. The molecule has 39 heavy (non-hydrogen) atoms. The molecule has 12 heteroatoms. The van der Waals surface area contributed by atoms with Gasteiger partial charge in [0.2, 0.25) is 12.1 Å². The van der Waals surface area contributed by atoms with Crippen molar-refractivity contribution in [2.45, 2.75) is 39.8 Å². The predicted octanol–water partition coefficient (Wildman–Crippen LogP) is 5.07. The highest BCUT2D eigenvalue weighted by Crippen LogP contribution is 2.30. The summed E-state index contributed by atoms with van der Waals surface area (Å²) in [5, 5.41) is 11.8. The zero-order valence-corrected chi connectivity index (χ0v) is 23.1. The van der Waals surface area contributed by atoms with Crippen LogP contribution in [0.5, 0.6) is 0 Å².